The number of esters is 1. The predicted octanol–water partition coefficient (Wildman–Crippen LogP) is 4.78. The van der Waals surface area contributed by atoms with Crippen LogP contribution in [0, 0.1) is 5.92 Å². The Balaban J connectivity index is 3.70. The molecule has 0 aromatic carbocycles. The summed E-state index contributed by atoms with van der Waals surface area (Å²) in [6.07, 6.45) is 9.22. The van der Waals surface area contributed by atoms with Gasteiger partial charge in [0.15, 0.2) is 0 Å². The fourth-order valence-electron chi connectivity index (χ4n) is 2.26. The van der Waals surface area contributed by atoms with Crippen LogP contribution in [0.5, 0.6) is 0 Å². The third-order valence-electron chi connectivity index (χ3n) is 3.76. The maximum atomic E-state index is 11.8. The Morgan fingerprint density at radius 3 is 2.00 bits per heavy atom. The van der Waals surface area contributed by atoms with E-state index in [9.17, 15) is 9.59 Å². The summed E-state index contributed by atoms with van der Waals surface area (Å²) in [6.45, 7) is 9.19. The Bertz CT molecular complexity index is 331. The molecule has 0 spiro atoms. The van der Waals surface area contributed by atoms with E-state index in [0.29, 0.717) is 19.8 Å². The van der Waals surface area contributed by atoms with E-state index >= 15 is 0 Å². The predicted molar refractivity (Wildman–Crippen MR) is 97.0 cm³/mol. The first kappa shape index (κ1) is 22.7. The number of hydrogen-bond donors (Lipinski definition) is 0. The van der Waals surface area contributed by atoms with E-state index in [0.717, 1.165) is 12.8 Å². The van der Waals surface area contributed by atoms with Gasteiger partial charge in [-0.25, -0.2) is 4.79 Å². The van der Waals surface area contributed by atoms with Crippen LogP contribution < -0.4 is 0 Å². The van der Waals surface area contributed by atoms with Gasteiger partial charge in [0, 0.05) is 6.54 Å². The van der Waals surface area contributed by atoms with Crippen LogP contribution in [-0.4, -0.2) is 43.3 Å². The molecule has 0 atom stereocenters. The van der Waals surface area contributed by atoms with Crippen LogP contribution >= 0.6 is 0 Å². The van der Waals surface area contributed by atoms with E-state index in [4.69, 9.17) is 9.47 Å². The molecule has 0 radical (unpaired) electrons. The van der Waals surface area contributed by atoms with Crippen molar-refractivity contribution in [2.75, 3.05) is 26.3 Å². The summed E-state index contributed by atoms with van der Waals surface area (Å²) < 4.78 is 10.3. The fraction of sp³-hybridized carbons (Fsp3) is 0.895. The first-order chi connectivity index (χ1) is 11.5. The van der Waals surface area contributed by atoms with Gasteiger partial charge in [-0.1, -0.05) is 65.7 Å². The van der Waals surface area contributed by atoms with Gasteiger partial charge in [-0.3, -0.25) is 9.69 Å². The number of amides is 1. The Hall–Kier alpha value is -1.26. The molecule has 0 unspecified atom stereocenters. The van der Waals surface area contributed by atoms with E-state index < -0.39 is 6.09 Å². The van der Waals surface area contributed by atoms with Crippen LogP contribution in [-0.2, 0) is 14.3 Å². The summed E-state index contributed by atoms with van der Waals surface area (Å²) in [7, 11) is 0. The Morgan fingerprint density at radius 2 is 1.46 bits per heavy atom. The van der Waals surface area contributed by atoms with Crippen molar-refractivity contribution in [3.63, 3.8) is 0 Å². The minimum atomic E-state index is -0.449. The molecule has 0 saturated carbocycles. The summed E-state index contributed by atoms with van der Waals surface area (Å²) in [4.78, 5) is 25.0. The molecule has 0 aromatic heterocycles. The van der Waals surface area contributed by atoms with Crippen molar-refractivity contribution >= 4 is 12.1 Å². The molecule has 0 rings (SSSR count). The second-order valence-electron chi connectivity index (χ2n) is 6.68. The highest BCUT2D eigenvalue weighted by atomic mass is 16.6. The van der Waals surface area contributed by atoms with Gasteiger partial charge in [-0.05, 0) is 19.3 Å². The molecule has 0 aromatic rings. The lowest BCUT2D eigenvalue weighted by atomic mass is 10.1. The minimum absolute atomic E-state index is 0.0373. The van der Waals surface area contributed by atoms with E-state index in [2.05, 4.69) is 6.92 Å². The van der Waals surface area contributed by atoms with Gasteiger partial charge >= 0.3 is 12.1 Å². The van der Waals surface area contributed by atoms with Crippen LogP contribution in [0.1, 0.15) is 79.1 Å². The monoisotopic (exact) mass is 343 g/mol. The van der Waals surface area contributed by atoms with E-state index in [-0.39, 0.29) is 18.4 Å². The average Bonchev–Trinajstić information content (AvgIpc) is 2.56. The second kappa shape index (κ2) is 15.3. The first-order valence-corrected chi connectivity index (χ1v) is 9.58. The molecule has 0 aliphatic heterocycles. The summed E-state index contributed by atoms with van der Waals surface area (Å²) in [6, 6.07) is 0. The van der Waals surface area contributed by atoms with Crippen molar-refractivity contribution in [2.45, 2.75) is 79.1 Å². The van der Waals surface area contributed by atoms with Gasteiger partial charge in [0.1, 0.15) is 6.54 Å². The van der Waals surface area contributed by atoms with Gasteiger partial charge in [-0.2, -0.15) is 0 Å². The van der Waals surface area contributed by atoms with Crippen molar-refractivity contribution in [1.82, 2.24) is 4.90 Å². The highest BCUT2D eigenvalue weighted by molar-refractivity contribution is 5.78. The topological polar surface area (TPSA) is 55.8 Å². The maximum absolute atomic E-state index is 11.8. The van der Waals surface area contributed by atoms with Crippen molar-refractivity contribution in [1.29, 1.82) is 0 Å². The number of carbonyl (C=O) groups excluding carboxylic acids is 2. The third kappa shape index (κ3) is 13.2. The molecule has 5 heteroatoms. The van der Waals surface area contributed by atoms with Crippen molar-refractivity contribution in [2.24, 2.45) is 5.92 Å². The quantitative estimate of drug-likeness (QED) is 0.336. The molecule has 5 nitrogen and oxygen atoms in total. The maximum Gasteiger partial charge on any atom is 0.410 e. The van der Waals surface area contributed by atoms with Gasteiger partial charge in [0.2, 0.25) is 0 Å². The fourth-order valence-corrected chi connectivity index (χ4v) is 2.26. The normalized spacial score (nSPS) is 10.7. The Labute approximate surface area is 148 Å². The summed E-state index contributed by atoms with van der Waals surface area (Å²) in [5.74, 6) is -0.0807. The molecular formula is C19H37NO4. The van der Waals surface area contributed by atoms with Crippen molar-refractivity contribution in [3.8, 4) is 0 Å². The highest BCUT2D eigenvalue weighted by Gasteiger charge is 2.17. The number of nitrogens with zero attached hydrogens (tertiary/aromatic N) is 1. The number of ether oxygens (including phenoxy) is 2. The zero-order valence-electron chi connectivity index (χ0n) is 16.1. The summed E-state index contributed by atoms with van der Waals surface area (Å²) in [5, 5.41) is 0. The van der Waals surface area contributed by atoms with Crippen LogP contribution in [0.4, 0.5) is 4.79 Å². The van der Waals surface area contributed by atoms with E-state index in [1.54, 1.807) is 0 Å². The van der Waals surface area contributed by atoms with Crippen molar-refractivity contribution < 1.29 is 19.1 Å². The lowest BCUT2D eigenvalue weighted by molar-refractivity contribution is -0.144. The molecule has 142 valence electrons. The highest BCUT2D eigenvalue weighted by Crippen LogP contribution is 2.08. The summed E-state index contributed by atoms with van der Waals surface area (Å²) in [5.41, 5.74) is 0. The molecule has 0 aliphatic carbocycles. The zero-order chi connectivity index (χ0) is 18.2. The third-order valence-corrected chi connectivity index (χ3v) is 3.76. The molecule has 0 aliphatic rings. The number of unbranched alkanes of at least 4 members (excludes halogenated alkanes) is 7. The molecule has 24 heavy (non-hydrogen) atoms. The number of likely N-dealkylation sites (N-methyl/N-ethyl adjacent to an activating group) is 1. The molecular weight excluding hydrogens is 306 g/mol. The van der Waals surface area contributed by atoms with Crippen LogP contribution in [0.25, 0.3) is 0 Å². The molecule has 0 N–H and O–H groups in total. The molecule has 0 bridgehead atoms. The lowest BCUT2D eigenvalue weighted by Gasteiger charge is -2.20. The second-order valence-corrected chi connectivity index (χ2v) is 6.68. The molecule has 1 amide bonds. The van der Waals surface area contributed by atoms with E-state index in [1.165, 1.54) is 43.4 Å². The van der Waals surface area contributed by atoms with Crippen LogP contribution in [0.15, 0.2) is 0 Å². The van der Waals surface area contributed by atoms with Gasteiger partial charge in [-0.15, -0.1) is 0 Å². The van der Waals surface area contributed by atoms with E-state index in [1.807, 2.05) is 20.8 Å². The zero-order valence-corrected chi connectivity index (χ0v) is 16.1. The minimum Gasteiger partial charge on any atom is -0.464 e. The number of rotatable bonds is 14. The Kier molecular flexibility index (Phi) is 14.5. The van der Waals surface area contributed by atoms with Gasteiger partial charge in [0.25, 0.3) is 0 Å². The largest absolute Gasteiger partial charge is 0.464 e. The van der Waals surface area contributed by atoms with Gasteiger partial charge < -0.3 is 9.47 Å². The molecule has 0 fully saturated rings. The van der Waals surface area contributed by atoms with Gasteiger partial charge in [0.05, 0.1) is 13.2 Å². The van der Waals surface area contributed by atoms with Crippen molar-refractivity contribution in [3.05, 3.63) is 0 Å². The Morgan fingerprint density at radius 1 is 0.875 bits per heavy atom. The first-order valence-electron chi connectivity index (χ1n) is 9.58. The van der Waals surface area contributed by atoms with Crippen LogP contribution in [0.2, 0.25) is 0 Å². The number of carbonyl (C=O) groups is 2. The molecule has 0 saturated heterocycles. The SMILES string of the molecule is CCCCCCCCCCOC(=O)CN(CC)C(=O)OCC(C)C. The number of hydrogen-bond acceptors (Lipinski definition) is 4. The standard InChI is InChI=1S/C19H37NO4/c1-5-7-8-9-10-11-12-13-14-23-18(21)15-20(6-2)19(22)24-16-17(3)4/h17H,5-16H2,1-4H3. The average molecular weight is 344 g/mol. The smallest absolute Gasteiger partial charge is 0.410 e. The van der Waals surface area contributed by atoms with Crippen LogP contribution in [0.3, 0.4) is 0 Å². The summed E-state index contributed by atoms with van der Waals surface area (Å²) >= 11 is 0. The molecule has 0 heterocycles. The lowest BCUT2D eigenvalue weighted by Crippen LogP contribution is -2.37.